The first-order chi connectivity index (χ1) is 17.2. The predicted molar refractivity (Wildman–Crippen MR) is 161 cm³/mol. The van der Waals surface area contributed by atoms with E-state index in [2.05, 4.69) is 130 Å². The van der Waals surface area contributed by atoms with Crippen LogP contribution in [0.5, 0.6) is 0 Å². The molecule has 0 spiro atoms. The normalized spacial score (nSPS) is 12.1. The van der Waals surface area contributed by atoms with E-state index >= 15 is 0 Å². The molecule has 0 nitrogen and oxygen atoms in total. The molecule has 0 N–H and O–H groups in total. The third-order valence-electron chi connectivity index (χ3n) is 7.72. The van der Waals surface area contributed by atoms with Crippen molar-refractivity contribution < 1.29 is 51.0 Å². The van der Waals surface area contributed by atoms with Gasteiger partial charge in [-0.2, -0.15) is 0 Å². The summed E-state index contributed by atoms with van der Waals surface area (Å²) in [7, 11) is 0. The Morgan fingerprint density at radius 1 is 0.525 bits per heavy atom. The fourth-order valence-electron chi connectivity index (χ4n) is 6.13. The molecule has 5 rings (SSSR count). The molecule has 0 fully saturated rings. The Morgan fingerprint density at radius 3 is 1.45 bits per heavy atom. The first kappa shape index (κ1) is 34.5. The molecule has 0 aliphatic heterocycles. The summed E-state index contributed by atoms with van der Waals surface area (Å²) >= 11 is 0. The van der Waals surface area contributed by atoms with Gasteiger partial charge in [0.15, 0.2) is 0 Å². The predicted octanol–water partition coefficient (Wildman–Crippen LogP) is 4.23. The maximum absolute atomic E-state index is 3.95. The molecule has 0 unspecified atom stereocenters. The summed E-state index contributed by atoms with van der Waals surface area (Å²) in [6, 6.07) is 25.2. The molecule has 0 atom stereocenters. The Bertz CT molecular complexity index is 1390. The van der Waals surface area contributed by atoms with Gasteiger partial charge in [-0.25, -0.2) is 0 Å². The van der Waals surface area contributed by atoms with Crippen molar-refractivity contribution >= 4 is 0 Å². The fourth-order valence-corrected chi connectivity index (χ4v) is 6.13. The molecule has 1 radical (unpaired) electrons. The summed E-state index contributed by atoms with van der Waals surface area (Å²) in [5.74, 6) is 0. The molecular formula is C37H41Cl2Zr. The van der Waals surface area contributed by atoms with Gasteiger partial charge in [-0.05, 0) is 67.2 Å². The third kappa shape index (κ3) is 6.70. The maximum atomic E-state index is 3.95. The average molecular weight is 648 g/mol. The van der Waals surface area contributed by atoms with Gasteiger partial charge in [0.25, 0.3) is 0 Å². The second-order valence-electron chi connectivity index (χ2n) is 13.4. The summed E-state index contributed by atoms with van der Waals surface area (Å²) in [6.07, 6.45) is 0.940. The smallest absolute Gasteiger partial charge is 1.00 e. The van der Waals surface area contributed by atoms with Crippen LogP contribution in [0, 0.1) is 33.8 Å². The van der Waals surface area contributed by atoms with Crippen LogP contribution in [-0.4, -0.2) is 0 Å². The van der Waals surface area contributed by atoms with Crippen LogP contribution in [0.2, 0.25) is 0 Å². The zero-order valence-electron chi connectivity index (χ0n) is 25.7. The van der Waals surface area contributed by atoms with Crippen molar-refractivity contribution in [3.8, 4) is 33.4 Å². The second-order valence-corrected chi connectivity index (χ2v) is 13.4. The van der Waals surface area contributed by atoms with E-state index in [0.717, 1.165) is 6.42 Å². The van der Waals surface area contributed by atoms with Crippen LogP contribution >= 0.6 is 0 Å². The first-order valence-corrected chi connectivity index (χ1v) is 13.7. The van der Waals surface area contributed by atoms with Gasteiger partial charge in [0, 0.05) is 0 Å². The minimum Gasteiger partial charge on any atom is -1.00 e. The number of fused-ring (bicyclic) bond motifs is 3. The Labute approximate surface area is 274 Å². The zero-order valence-corrected chi connectivity index (χ0v) is 29.6. The molecule has 1 aliphatic rings. The quantitative estimate of drug-likeness (QED) is 0.252. The summed E-state index contributed by atoms with van der Waals surface area (Å²) in [5.41, 5.74) is 18.9. The van der Waals surface area contributed by atoms with Crippen LogP contribution in [0.15, 0.2) is 54.6 Å². The van der Waals surface area contributed by atoms with Crippen LogP contribution in [-0.2, 0) is 43.5 Å². The van der Waals surface area contributed by atoms with Gasteiger partial charge in [0.2, 0.25) is 0 Å². The number of hydrogen-bond acceptors (Lipinski definition) is 0. The summed E-state index contributed by atoms with van der Waals surface area (Å²) in [5, 5.41) is 0. The molecule has 4 aromatic carbocycles. The molecule has 0 amide bonds. The molecule has 0 saturated heterocycles. The van der Waals surface area contributed by atoms with Gasteiger partial charge in [-0.3, -0.25) is 0 Å². The number of benzene rings is 4. The molecule has 4 aromatic rings. The van der Waals surface area contributed by atoms with E-state index in [4.69, 9.17) is 0 Å². The van der Waals surface area contributed by atoms with Crippen molar-refractivity contribution in [3.05, 3.63) is 105 Å². The largest absolute Gasteiger partial charge is 3.00 e. The topological polar surface area (TPSA) is 0 Å². The standard InChI is InChI=1S/C37H41.2ClH.Zr/c1-22-11-23(2)14-26(13-22)32-18-28-17-29-19-33(27-15-24(3)12-25(4)16-27)35(37(8,9)10)21-31(29)30(28)20-34(32)36(5,6)7;;;/h11-16,18,20-21H,17H2,1-10H3;2*1H;/q-1;;;+3/p-2. The third-order valence-corrected chi connectivity index (χ3v) is 7.72. The molecule has 0 saturated carbocycles. The Hall–Kier alpha value is -1.66. The van der Waals surface area contributed by atoms with E-state index in [1.165, 1.54) is 77.9 Å². The Balaban J connectivity index is 0.00000187. The van der Waals surface area contributed by atoms with Crippen molar-refractivity contribution in [2.75, 3.05) is 0 Å². The molecule has 0 heterocycles. The monoisotopic (exact) mass is 645 g/mol. The van der Waals surface area contributed by atoms with Crippen molar-refractivity contribution in [2.24, 2.45) is 0 Å². The van der Waals surface area contributed by atoms with Gasteiger partial charge < -0.3 is 24.8 Å². The van der Waals surface area contributed by atoms with Crippen LogP contribution in [0.3, 0.4) is 0 Å². The van der Waals surface area contributed by atoms with Crippen molar-refractivity contribution in [2.45, 2.75) is 86.5 Å². The minimum absolute atomic E-state index is 0. The number of halogens is 2. The van der Waals surface area contributed by atoms with E-state index < -0.39 is 0 Å². The van der Waals surface area contributed by atoms with E-state index in [0.29, 0.717) is 0 Å². The number of rotatable bonds is 2. The summed E-state index contributed by atoms with van der Waals surface area (Å²) < 4.78 is 0. The van der Waals surface area contributed by atoms with Gasteiger partial charge in [-0.15, -0.1) is 28.8 Å². The van der Waals surface area contributed by atoms with E-state index in [1.54, 1.807) is 0 Å². The van der Waals surface area contributed by atoms with Crippen LogP contribution in [0.1, 0.15) is 86.1 Å². The van der Waals surface area contributed by atoms with Gasteiger partial charge in [-0.1, -0.05) is 129 Å². The van der Waals surface area contributed by atoms with Crippen LogP contribution in [0.25, 0.3) is 33.4 Å². The Kier molecular flexibility index (Phi) is 10.6. The van der Waals surface area contributed by atoms with Crippen molar-refractivity contribution in [3.63, 3.8) is 0 Å². The molecule has 3 heteroatoms. The van der Waals surface area contributed by atoms with E-state index in [-0.39, 0.29) is 61.8 Å². The SMILES string of the molecule is Cc1cc(C)cc(-c2[c-]c3c(cc2C(C)(C)C)-c2cc(C(C)(C)C)c(-c4cc(C)cc(C)c4)cc2C3)c1.[Cl-].[Cl-].[Zr+3]. The van der Waals surface area contributed by atoms with Gasteiger partial charge in [0.05, 0.1) is 0 Å². The second kappa shape index (κ2) is 12.3. The van der Waals surface area contributed by atoms with Crippen LogP contribution < -0.4 is 24.8 Å². The zero-order chi connectivity index (χ0) is 26.9. The average Bonchev–Trinajstić information content (AvgIpc) is 3.11. The maximum Gasteiger partial charge on any atom is 3.00 e. The van der Waals surface area contributed by atoms with Crippen LogP contribution in [0.4, 0.5) is 0 Å². The molecule has 0 aromatic heterocycles. The molecule has 0 bridgehead atoms. The summed E-state index contributed by atoms with van der Waals surface area (Å²) in [6.45, 7) is 22.8. The molecule has 1 aliphatic carbocycles. The molecular weight excluding hydrogens is 607 g/mol. The molecule has 40 heavy (non-hydrogen) atoms. The number of hydrogen-bond donors (Lipinski definition) is 0. The Morgan fingerprint density at radius 2 is 0.975 bits per heavy atom. The van der Waals surface area contributed by atoms with E-state index in [1.807, 2.05) is 0 Å². The van der Waals surface area contributed by atoms with Crippen molar-refractivity contribution in [1.29, 1.82) is 0 Å². The first-order valence-electron chi connectivity index (χ1n) is 13.7. The number of aryl methyl sites for hydroxylation is 4. The minimum atomic E-state index is 0. The fraction of sp³-hybridized carbons (Fsp3) is 0.351. The van der Waals surface area contributed by atoms with Gasteiger partial charge >= 0.3 is 26.2 Å². The summed E-state index contributed by atoms with van der Waals surface area (Å²) in [4.78, 5) is 0. The van der Waals surface area contributed by atoms with Gasteiger partial charge in [0.1, 0.15) is 0 Å². The van der Waals surface area contributed by atoms with E-state index in [9.17, 15) is 0 Å². The van der Waals surface area contributed by atoms with Crippen molar-refractivity contribution in [1.82, 2.24) is 0 Å². The molecule has 207 valence electrons.